The first-order valence-electron chi connectivity index (χ1n) is 8.60. The van der Waals surface area contributed by atoms with Crippen LogP contribution in [0, 0.1) is 0 Å². The Kier molecular flexibility index (Phi) is 5.32. The third kappa shape index (κ3) is 3.79. The van der Waals surface area contributed by atoms with Crippen molar-refractivity contribution in [3.05, 3.63) is 35.9 Å². The van der Waals surface area contributed by atoms with E-state index in [2.05, 4.69) is 52.8 Å². The fourth-order valence-corrected chi connectivity index (χ4v) is 4.19. The van der Waals surface area contributed by atoms with Gasteiger partial charge in [0.05, 0.1) is 0 Å². The van der Waals surface area contributed by atoms with Crippen LogP contribution in [0.5, 0.6) is 0 Å². The highest BCUT2D eigenvalue weighted by molar-refractivity contribution is 7.80. The molecule has 2 N–H and O–H groups in total. The molecule has 120 valence electrons. The maximum absolute atomic E-state index is 5.40. The number of fused-ring (bicyclic) bond motifs is 2. The Labute approximate surface area is 139 Å². The molecule has 2 fully saturated rings. The summed E-state index contributed by atoms with van der Waals surface area (Å²) in [4.78, 5) is 2.72. The van der Waals surface area contributed by atoms with Gasteiger partial charge in [-0.15, -0.1) is 0 Å². The molecule has 2 saturated heterocycles. The first kappa shape index (κ1) is 15.8. The molecule has 3 nitrogen and oxygen atoms in total. The van der Waals surface area contributed by atoms with E-state index in [1.54, 1.807) is 0 Å². The highest BCUT2D eigenvalue weighted by atomic mass is 32.1. The van der Waals surface area contributed by atoms with E-state index < -0.39 is 0 Å². The van der Waals surface area contributed by atoms with Crippen molar-refractivity contribution in [1.29, 1.82) is 0 Å². The number of benzene rings is 1. The van der Waals surface area contributed by atoms with Crippen LogP contribution in [0.15, 0.2) is 30.3 Å². The number of nitrogens with one attached hydrogen (secondary N) is 2. The van der Waals surface area contributed by atoms with Crippen molar-refractivity contribution in [1.82, 2.24) is 15.5 Å². The second kappa shape index (κ2) is 7.42. The molecule has 0 spiro atoms. The molecule has 3 rings (SSSR count). The first-order chi connectivity index (χ1) is 10.8. The topological polar surface area (TPSA) is 27.3 Å². The minimum absolute atomic E-state index is 0.543. The lowest BCUT2D eigenvalue weighted by Crippen LogP contribution is -2.51. The number of thiocarbonyl (C=S) groups is 1. The van der Waals surface area contributed by atoms with Gasteiger partial charge in [-0.1, -0.05) is 37.3 Å². The Balaban J connectivity index is 1.54. The molecule has 2 heterocycles. The van der Waals surface area contributed by atoms with E-state index in [-0.39, 0.29) is 0 Å². The van der Waals surface area contributed by atoms with Crippen LogP contribution in [0.4, 0.5) is 0 Å². The van der Waals surface area contributed by atoms with Crippen LogP contribution in [-0.2, 0) is 6.54 Å². The van der Waals surface area contributed by atoms with E-state index in [9.17, 15) is 0 Å². The van der Waals surface area contributed by atoms with Gasteiger partial charge in [-0.3, -0.25) is 4.90 Å². The maximum Gasteiger partial charge on any atom is 0.166 e. The lowest BCUT2D eigenvalue weighted by atomic mass is 9.96. The highest BCUT2D eigenvalue weighted by Gasteiger charge is 2.40. The van der Waals surface area contributed by atoms with Gasteiger partial charge >= 0.3 is 0 Å². The molecule has 2 aliphatic rings. The van der Waals surface area contributed by atoms with Crippen LogP contribution in [0.25, 0.3) is 0 Å². The van der Waals surface area contributed by atoms with Gasteiger partial charge < -0.3 is 10.6 Å². The number of rotatable bonds is 5. The Morgan fingerprint density at radius 1 is 1.18 bits per heavy atom. The smallest absolute Gasteiger partial charge is 0.166 e. The number of hydrogen-bond donors (Lipinski definition) is 2. The van der Waals surface area contributed by atoms with Crippen LogP contribution < -0.4 is 10.6 Å². The highest BCUT2D eigenvalue weighted by Crippen LogP contribution is 2.36. The Bertz CT molecular complexity index is 476. The van der Waals surface area contributed by atoms with Crippen molar-refractivity contribution in [3.8, 4) is 0 Å². The molecule has 22 heavy (non-hydrogen) atoms. The van der Waals surface area contributed by atoms with Crippen molar-refractivity contribution < 1.29 is 0 Å². The van der Waals surface area contributed by atoms with Crippen LogP contribution in [0.2, 0.25) is 0 Å². The first-order valence-corrected chi connectivity index (χ1v) is 9.01. The van der Waals surface area contributed by atoms with Gasteiger partial charge in [-0.25, -0.2) is 0 Å². The van der Waals surface area contributed by atoms with Gasteiger partial charge in [-0.2, -0.15) is 0 Å². The molecule has 0 amide bonds. The molecule has 0 saturated carbocycles. The van der Waals surface area contributed by atoms with Crippen molar-refractivity contribution in [2.45, 2.75) is 63.7 Å². The molecule has 0 aromatic heterocycles. The quantitative estimate of drug-likeness (QED) is 0.816. The van der Waals surface area contributed by atoms with Gasteiger partial charge in [0.25, 0.3) is 0 Å². The molecule has 3 atom stereocenters. The summed E-state index contributed by atoms with van der Waals surface area (Å²) in [6.07, 6.45) is 6.23. The fraction of sp³-hybridized carbons (Fsp3) is 0.611. The van der Waals surface area contributed by atoms with Gasteiger partial charge in [0, 0.05) is 31.2 Å². The molecule has 0 radical (unpaired) electrons. The van der Waals surface area contributed by atoms with Crippen molar-refractivity contribution in [3.63, 3.8) is 0 Å². The van der Waals surface area contributed by atoms with Crippen LogP contribution in [0.1, 0.15) is 44.6 Å². The van der Waals surface area contributed by atoms with E-state index in [0.717, 1.165) is 24.6 Å². The van der Waals surface area contributed by atoms with Gasteiger partial charge in [0.2, 0.25) is 0 Å². The average Bonchev–Trinajstić information content (AvgIpc) is 2.76. The fourth-order valence-electron chi connectivity index (χ4n) is 3.92. The minimum Gasteiger partial charge on any atom is -0.363 e. The summed E-state index contributed by atoms with van der Waals surface area (Å²) in [5.41, 5.74) is 1.44. The third-order valence-electron chi connectivity index (χ3n) is 4.96. The Hall–Kier alpha value is -1.13. The van der Waals surface area contributed by atoms with E-state index in [4.69, 9.17) is 12.2 Å². The molecule has 1 aromatic carbocycles. The predicted octanol–water partition coefficient (Wildman–Crippen LogP) is 3.06. The second-order valence-corrected chi connectivity index (χ2v) is 7.02. The van der Waals surface area contributed by atoms with Gasteiger partial charge in [0.1, 0.15) is 0 Å². The largest absolute Gasteiger partial charge is 0.363 e. The van der Waals surface area contributed by atoms with Crippen molar-refractivity contribution in [2.75, 3.05) is 6.54 Å². The number of hydrogen-bond acceptors (Lipinski definition) is 2. The minimum atomic E-state index is 0.543. The zero-order valence-electron chi connectivity index (χ0n) is 13.4. The number of piperidine rings is 1. The molecular formula is C18H27N3S. The zero-order valence-corrected chi connectivity index (χ0v) is 14.2. The summed E-state index contributed by atoms with van der Waals surface area (Å²) < 4.78 is 0. The monoisotopic (exact) mass is 317 g/mol. The lowest BCUT2D eigenvalue weighted by molar-refractivity contribution is 0.115. The molecular weight excluding hydrogens is 290 g/mol. The molecule has 4 heteroatoms. The van der Waals surface area contributed by atoms with Gasteiger partial charge in [0.15, 0.2) is 5.11 Å². The Morgan fingerprint density at radius 3 is 2.50 bits per heavy atom. The molecule has 0 aliphatic carbocycles. The third-order valence-corrected chi connectivity index (χ3v) is 5.23. The molecule has 1 aromatic rings. The normalized spacial score (nSPS) is 27.6. The van der Waals surface area contributed by atoms with Crippen LogP contribution in [-0.4, -0.2) is 34.7 Å². The van der Waals surface area contributed by atoms with E-state index in [0.29, 0.717) is 18.1 Å². The molecule has 2 bridgehead atoms. The van der Waals surface area contributed by atoms with E-state index >= 15 is 0 Å². The van der Waals surface area contributed by atoms with Crippen LogP contribution >= 0.6 is 12.2 Å². The average molecular weight is 318 g/mol. The predicted molar refractivity (Wildman–Crippen MR) is 95.8 cm³/mol. The summed E-state index contributed by atoms with van der Waals surface area (Å²) in [6, 6.07) is 12.8. The Morgan fingerprint density at radius 2 is 1.86 bits per heavy atom. The lowest BCUT2D eigenvalue weighted by Gasteiger charge is -2.39. The van der Waals surface area contributed by atoms with Crippen LogP contribution in [0.3, 0.4) is 0 Å². The summed E-state index contributed by atoms with van der Waals surface area (Å²) in [7, 11) is 0. The molecule has 1 unspecified atom stereocenters. The summed E-state index contributed by atoms with van der Waals surface area (Å²) in [5, 5.41) is 7.66. The van der Waals surface area contributed by atoms with Gasteiger partial charge in [-0.05, 0) is 49.9 Å². The van der Waals surface area contributed by atoms with E-state index in [1.165, 1.54) is 31.2 Å². The second-order valence-electron chi connectivity index (χ2n) is 6.61. The summed E-state index contributed by atoms with van der Waals surface area (Å²) in [6.45, 7) is 4.23. The number of nitrogens with zero attached hydrogens (tertiary/aromatic N) is 1. The summed E-state index contributed by atoms with van der Waals surface area (Å²) in [5.74, 6) is 0. The summed E-state index contributed by atoms with van der Waals surface area (Å²) >= 11 is 5.40. The zero-order chi connectivity index (χ0) is 15.4. The van der Waals surface area contributed by atoms with Crippen molar-refractivity contribution >= 4 is 17.3 Å². The standard InChI is InChI=1S/C18H27N3S/c1-2-10-19-18(22)20-15-11-16-8-9-17(12-15)21(16)13-14-6-4-3-5-7-14/h3-7,15-17H,2,8-13H2,1H3,(H2,19,20,22)/t15?,16-,17+. The SMILES string of the molecule is CCCNC(=S)NC1C[C@H]2CC[C@@H](C1)N2Cc1ccccc1. The maximum atomic E-state index is 5.40. The molecule has 2 aliphatic heterocycles. The van der Waals surface area contributed by atoms with E-state index in [1.807, 2.05) is 0 Å². The van der Waals surface area contributed by atoms with Crippen molar-refractivity contribution in [2.24, 2.45) is 0 Å².